The standard InChI is InChI=1S/C20H26N4O2/c1-14-17(20(26)24(22(14)3)16-7-5-4-6-8-16)12-23-10-9-15-11-19(25)21(2)18(15)13-23/h4-8,15,18H,9-13H2,1-3H3/t15-,18-/m1/s1. The van der Waals surface area contributed by atoms with Crippen molar-refractivity contribution >= 4 is 5.91 Å². The molecule has 6 nitrogen and oxygen atoms in total. The maximum Gasteiger partial charge on any atom is 0.276 e. The van der Waals surface area contributed by atoms with Crippen LogP contribution in [-0.2, 0) is 18.4 Å². The zero-order valence-electron chi connectivity index (χ0n) is 15.7. The number of aromatic nitrogens is 2. The summed E-state index contributed by atoms with van der Waals surface area (Å²) in [7, 11) is 3.84. The first-order valence-corrected chi connectivity index (χ1v) is 9.28. The summed E-state index contributed by atoms with van der Waals surface area (Å²) in [5, 5.41) is 0. The van der Waals surface area contributed by atoms with Crippen molar-refractivity contribution in [2.75, 3.05) is 20.1 Å². The van der Waals surface area contributed by atoms with Crippen molar-refractivity contribution in [2.24, 2.45) is 13.0 Å². The summed E-state index contributed by atoms with van der Waals surface area (Å²) in [5.41, 5.74) is 2.78. The van der Waals surface area contributed by atoms with Gasteiger partial charge in [0.25, 0.3) is 5.56 Å². The van der Waals surface area contributed by atoms with Gasteiger partial charge in [-0.15, -0.1) is 0 Å². The minimum atomic E-state index is 0.0502. The van der Waals surface area contributed by atoms with Gasteiger partial charge >= 0.3 is 0 Å². The third kappa shape index (κ3) is 2.69. The van der Waals surface area contributed by atoms with Crippen molar-refractivity contribution in [3.8, 4) is 5.69 Å². The summed E-state index contributed by atoms with van der Waals surface area (Å²) >= 11 is 0. The van der Waals surface area contributed by atoms with Crippen molar-refractivity contribution in [1.82, 2.24) is 19.2 Å². The average Bonchev–Trinajstić information content (AvgIpc) is 3.04. The maximum absolute atomic E-state index is 13.1. The molecular weight excluding hydrogens is 328 g/mol. The number of fused-ring (bicyclic) bond motifs is 1. The molecule has 2 aromatic rings. The number of rotatable bonds is 3. The Balaban J connectivity index is 1.60. The molecule has 2 saturated heterocycles. The van der Waals surface area contributed by atoms with Gasteiger partial charge < -0.3 is 4.90 Å². The number of carbonyl (C=O) groups is 1. The van der Waals surface area contributed by atoms with Crippen LogP contribution < -0.4 is 5.56 Å². The summed E-state index contributed by atoms with van der Waals surface area (Å²) in [6, 6.07) is 10.0. The van der Waals surface area contributed by atoms with Crippen LogP contribution in [0.3, 0.4) is 0 Å². The molecule has 4 rings (SSSR count). The van der Waals surface area contributed by atoms with Gasteiger partial charge in [0.2, 0.25) is 5.91 Å². The normalized spacial score (nSPS) is 23.5. The number of benzene rings is 1. The van der Waals surface area contributed by atoms with Gasteiger partial charge in [0.05, 0.1) is 11.3 Å². The summed E-state index contributed by atoms with van der Waals surface area (Å²) in [4.78, 5) is 29.3. The molecule has 6 heteroatoms. The summed E-state index contributed by atoms with van der Waals surface area (Å²) in [5.74, 6) is 0.728. The number of likely N-dealkylation sites (tertiary alicyclic amines) is 2. The molecule has 1 aromatic heterocycles. The highest BCUT2D eigenvalue weighted by Crippen LogP contribution is 2.31. The van der Waals surface area contributed by atoms with Crippen LogP contribution in [0.5, 0.6) is 0 Å². The molecule has 2 fully saturated rings. The van der Waals surface area contributed by atoms with E-state index in [-0.39, 0.29) is 17.5 Å². The first-order valence-electron chi connectivity index (χ1n) is 9.28. The zero-order chi connectivity index (χ0) is 18.4. The van der Waals surface area contributed by atoms with E-state index in [1.54, 1.807) is 4.68 Å². The molecular formula is C20H26N4O2. The molecule has 1 aromatic carbocycles. The third-order valence-corrected chi connectivity index (χ3v) is 6.19. The highest BCUT2D eigenvalue weighted by Gasteiger charge is 2.41. The average molecular weight is 354 g/mol. The van der Waals surface area contributed by atoms with Gasteiger partial charge in [0.1, 0.15) is 0 Å². The lowest BCUT2D eigenvalue weighted by molar-refractivity contribution is -0.127. The predicted molar refractivity (Wildman–Crippen MR) is 100 cm³/mol. The molecule has 2 aliphatic rings. The lowest BCUT2D eigenvalue weighted by Crippen LogP contribution is -2.47. The van der Waals surface area contributed by atoms with Crippen molar-refractivity contribution in [3.63, 3.8) is 0 Å². The molecule has 26 heavy (non-hydrogen) atoms. The van der Waals surface area contributed by atoms with E-state index in [9.17, 15) is 9.59 Å². The van der Waals surface area contributed by atoms with E-state index in [4.69, 9.17) is 0 Å². The quantitative estimate of drug-likeness (QED) is 0.840. The second-order valence-corrected chi connectivity index (χ2v) is 7.60. The number of amides is 1. The number of carbonyl (C=O) groups excluding carboxylic acids is 1. The SMILES string of the molecule is Cc1c(CN2CC[C@@H]3CC(=O)N(C)[C@@H]3C2)c(=O)n(-c2ccccc2)n1C. The number of para-hydroxylation sites is 1. The van der Waals surface area contributed by atoms with Crippen LogP contribution in [0.1, 0.15) is 24.1 Å². The molecule has 0 N–H and O–H groups in total. The van der Waals surface area contributed by atoms with Gasteiger partial charge in [-0.2, -0.15) is 0 Å². The lowest BCUT2D eigenvalue weighted by atomic mass is 9.92. The predicted octanol–water partition coefficient (Wildman–Crippen LogP) is 1.54. The van der Waals surface area contributed by atoms with Gasteiger partial charge in [-0.3, -0.25) is 19.2 Å². The van der Waals surface area contributed by atoms with Crippen LogP contribution in [0.15, 0.2) is 35.1 Å². The van der Waals surface area contributed by atoms with E-state index in [1.807, 2.05) is 60.9 Å². The fourth-order valence-corrected chi connectivity index (χ4v) is 4.45. The van der Waals surface area contributed by atoms with Crippen molar-refractivity contribution in [1.29, 1.82) is 0 Å². The molecule has 0 spiro atoms. The second kappa shape index (κ2) is 6.43. The monoisotopic (exact) mass is 354 g/mol. The first kappa shape index (κ1) is 17.1. The fourth-order valence-electron chi connectivity index (χ4n) is 4.45. The van der Waals surface area contributed by atoms with E-state index in [0.717, 1.165) is 36.5 Å². The summed E-state index contributed by atoms with van der Waals surface area (Å²) in [6.07, 6.45) is 1.71. The number of nitrogens with zero attached hydrogens (tertiary/aromatic N) is 4. The Labute approximate surface area is 153 Å². The largest absolute Gasteiger partial charge is 0.341 e. The minimum absolute atomic E-state index is 0.0502. The van der Waals surface area contributed by atoms with Crippen LogP contribution in [0.25, 0.3) is 5.69 Å². The number of hydrogen-bond acceptors (Lipinski definition) is 3. The highest BCUT2D eigenvalue weighted by molar-refractivity contribution is 5.79. The fraction of sp³-hybridized carbons (Fsp3) is 0.500. The molecule has 0 aliphatic carbocycles. The van der Waals surface area contributed by atoms with Gasteiger partial charge in [0, 0.05) is 45.3 Å². The van der Waals surface area contributed by atoms with E-state index < -0.39 is 0 Å². The maximum atomic E-state index is 13.1. The zero-order valence-corrected chi connectivity index (χ0v) is 15.7. The molecule has 2 aliphatic heterocycles. The van der Waals surface area contributed by atoms with E-state index in [0.29, 0.717) is 18.9 Å². The third-order valence-electron chi connectivity index (χ3n) is 6.19. The molecule has 2 atom stereocenters. The smallest absolute Gasteiger partial charge is 0.276 e. The van der Waals surface area contributed by atoms with Crippen molar-refractivity contribution in [2.45, 2.75) is 32.4 Å². The van der Waals surface area contributed by atoms with E-state index in [2.05, 4.69) is 4.90 Å². The van der Waals surface area contributed by atoms with Crippen LogP contribution in [0, 0.1) is 12.8 Å². The van der Waals surface area contributed by atoms with E-state index in [1.165, 1.54) is 0 Å². The number of likely N-dealkylation sites (N-methyl/N-ethyl adjacent to an activating group) is 1. The topological polar surface area (TPSA) is 50.5 Å². The van der Waals surface area contributed by atoms with Gasteiger partial charge in [-0.25, -0.2) is 4.68 Å². The highest BCUT2D eigenvalue weighted by atomic mass is 16.2. The van der Waals surface area contributed by atoms with Crippen LogP contribution in [-0.4, -0.2) is 51.2 Å². The van der Waals surface area contributed by atoms with Crippen molar-refractivity contribution in [3.05, 3.63) is 51.9 Å². The van der Waals surface area contributed by atoms with Crippen LogP contribution >= 0.6 is 0 Å². The Morgan fingerprint density at radius 3 is 2.58 bits per heavy atom. The Bertz CT molecular complexity index is 883. The second-order valence-electron chi connectivity index (χ2n) is 7.60. The first-order chi connectivity index (χ1) is 12.5. The molecule has 0 bridgehead atoms. The Kier molecular flexibility index (Phi) is 4.23. The van der Waals surface area contributed by atoms with Gasteiger partial charge in [0.15, 0.2) is 0 Å². The summed E-state index contributed by atoms with van der Waals surface area (Å²) < 4.78 is 3.67. The molecule has 0 saturated carbocycles. The summed E-state index contributed by atoms with van der Waals surface area (Å²) in [6.45, 7) is 4.45. The van der Waals surface area contributed by atoms with Crippen LogP contribution in [0.2, 0.25) is 0 Å². The Morgan fingerprint density at radius 1 is 1.12 bits per heavy atom. The molecule has 138 valence electrons. The molecule has 0 radical (unpaired) electrons. The Morgan fingerprint density at radius 2 is 1.85 bits per heavy atom. The van der Waals surface area contributed by atoms with Gasteiger partial charge in [-0.1, -0.05) is 18.2 Å². The number of piperidine rings is 1. The van der Waals surface area contributed by atoms with Crippen molar-refractivity contribution < 1.29 is 4.79 Å². The molecule has 3 heterocycles. The molecule has 0 unspecified atom stereocenters. The van der Waals surface area contributed by atoms with E-state index >= 15 is 0 Å². The Hall–Kier alpha value is -2.34. The lowest BCUT2D eigenvalue weighted by Gasteiger charge is -2.36. The number of hydrogen-bond donors (Lipinski definition) is 0. The molecule has 1 amide bonds. The van der Waals surface area contributed by atoms with Gasteiger partial charge in [-0.05, 0) is 37.9 Å². The minimum Gasteiger partial charge on any atom is -0.341 e. The van der Waals surface area contributed by atoms with Crippen LogP contribution in [0.4, 0.5) is 0 Å².